The molecule has 3 rings (SSSR count). The Labute approximate surface area is 95.2 Å². The van der Waals surface area contributed by atoms with E-state index in [-0.39, 0.29) is 5.82 Å². The molecule has 0 radical (unpaired) electrons. The second-order valence-electron chi connectivity index (χ2n) is 4.04. The van der Waals surface area contributed by atoms with Crippen molar-refractivity contribution < 1.29 is 4.39 Å². The summed E-state index contributed by atoms with van der Waals surface area (Å²) in [5.74, 6) is 0.292. The molecule has 0 saturated heterocycles. The molecule has 1 saturated carbocycles. The third-order valence-electron chi connectivity index (χ3n) is 2.90. The minimum Gasteiger partial charge on any atom is -0.268 e. The summed E-state index contributed by atoms with van der Waals surface area (Å²) in [4.78, 5) is 0. The fraction of sp³-hybridized carbons (Fsp3) is 0.364. The molecule has 0 unspecified atom stereocenters. The molecule has 1 aliphatic rings. The highest BCUT2D eigenvalue weighted by atomic mass is 79.9. The summed E-state index contributed by atoms with van der Waals surface area (Å²) in [5.41, 5.74) is 1.80. The largest absolute Gasteiger partial charge is 0.268 e. The van der Waals surface area contributed by atoms with E-state index in [2.05, 4.69) is 21.0 Å². The van der Waals surface area contributed by atoms with E-state index in [1.165, 1.54) is 0 Å². The predicted molar refractivity (Wildman–Crippen MR) is 60.3 cm³/mol. The normalized spacial score (nSPS) is 16.2. The Hall–Kier alpha value is -0.900. The lowest BCUT2D eigenvalue weighted by atomic mass is 10.1. The molecule has 0 amide bonds. The van der Waals surface area contributed by atoms with Gasteiger partial charge in [-0.25, -0.2) is 4.39 Å². The van der Waals surface area contributed by atoms with E-state index in [0.29, 0.717) is 15.8 Å². The topological polar surface area (TPSA) is 17.8 Å². The third-order valence-corrected chi connectivity index (χ3v) is 3.51. The first-order valence-electron chi connectivity index (χ1n) is 4.99. The number of aryl methyl sites for hydroxylation is 1. The lowest BCUT2D eigenvalue weighted by molar-refractivity contribution is 0.632. The van der Waals surface area contributed by atoms with E-state index in [4.69, 9.17) is 0 Å². The average Bonchev–Trinajstić information content (AvgIpc) is 2.98. The molecule has 2 nitrogen and oxygen atoms in total. The van der Waals surface area contributed by atoms with Crippen LogP contribution in [0.2, 0.25) is 0 Å². The van der Waals surface area contributed by atoms with Crippen LogP contribution in [0.3, 0.4) is 0 Å². The zero-order valence-electron chi connectivity index (χ0n) is 8.30. The van der Waals surface area contributed by atoms with Crippen molar-refractivity contribution in [3.8, 4) is 0 Å². The van der Waals surface area contributed by atoms with Crippen molar-refractivity contribution in [3.63, 3.8) is 0 Å². The molecule has 1 aromatic heterocycles. The van der Waals surface area contributed by atoms with E-state index in [9.17, 15) is 4.39 Å². The first-order chi connectivity index (χ1) is 7.18. The van der Waals surface area contributed by atoms with E-state index in [1.54, 1.807) is 10.7 Å². The molecule has 0 atom stereocenters. The molecule has 4 heteroatoms. The molecule has 1 aromatic carbocycles. The molecule has 1 fully saturated rings. The van der Waals surface area contributed by atoms with Crippen molar-refractivity contribution in [1.82, 2.24) is 9.78 Å². The molecular formula is C11H10BrFN2. The Bertz CT molecular complexity index is 543. The first-order valence-corrected chi connectivity index (χ1v) is 5.78. The van der Waals surface area contributed by atoms with Crippen LogP contribution in [-0.2, 0) is 7.05 Å². The summed E-state index contributed by atoms with van der Waals surface area (Å²) in [6.07, 6.45) is 2.27. The van der Waals surface area contributed by atoms with Gasteiger partial charge in [-0.3, -0.25) is 4.68 Å². The van der Waals surface area contributed by atoms with Crippen molar-refractivity contribution in [2.45, 2.75) is 18.8 Å². The Morgan fingerprint density at radius 2 is 2.20 bits per heavy atom. The molecule has 78 valence electrons. The summed E-state index contributed by atoms with van der Waals surface area (Å²) < 4.78 is 16.2. The molecule has 0 N–H and O–H groups in total. The molecule has 0 bridgehead atoms. The van der Waals surface area contributed by atoms with Crippen LogP contribution >= 0.6 is 15.9 Å². The van der Waals surface area contributed by atoms with Gasteiger partial charge in [-0.2, -0.15) is 5.10 Å². The highest BCUT2D eigenvalue weighted by Gasteiger charge is 2.30. The maximum Gasteiger partial charge on any atom is 0.148 e. The van der Waals surface area contributed by atoms with Gasteiger partial charge in [0, 0.05) is 13.0 Å². The van der Waals surface area contributed by atoms with Crippen LogP contribution in [0.5, 0.6) is 0 Å². The monoisotopic (exact) mass is 268 g/mol. The molecule has 15 heavy (non-hydrogen) atoms. The number of hydrogen-bond donors (Lipinski definition) is 0. The number of benzene rings is 1. The van der Waals surface area contributed by atoms with Gasteiger partial charge in [0.05, 0.1) is 21.1 Å². The summed E-state index contributed by atoms with van der Waals surface area (Å²) in [7, 11) is 1.86. The number of hydrogen-bond acceptors (Lipinski definition) is 1. The number of halogens is 2. The van der Waals surface area contributed by atoms with Crippen LogP contribution in [0.15, 0.2) is 16.6 Å². The summed E-state index contributed by atoms with van der Waals surface area (Å²) in [6, 6.07) is 3.64. The lowest BCUT2D eigenvalue weighted by Crippen LogP contribution is -1.90. The molecule has 0 aliphatic heterocycles. The Morgan fingerprint density at radius 1 is 1.47 bits per heavy atom. The van der Waals surface area contributed by atoms with E-state index in [1.807, 2.05) is 13.1 Å². The second kappa shape index (κ2) is 3.04. The van der Waals surface area contributed by atoms with Crippen molar-refractivity contribution in [2.24, 2.45) is 7.05 Å². The number of aromatic nitrogens is 2. The number of nitrogens with zero attached hydrogens (tertiary/aromatic N) is 2. The van der Waals surface area contributed by atoms with Crippen molar-refractivity contribution in [2.75, 3.05) is 0 Å². The Morgan fingerprint density at radius 3 is 2.87 bits per heavy atom. The van der Waals surface area contributed by atoms with Gasteiger partial charge >= 0.3 is 0 Å². The molecule has 2 aromatic rings. The molecular weight excluding hydrogens is 259 g/mol. The zero-order chi connectivity index (χ0) is 10.6. The second-order valence-corrected chi connectivity index (χ2v) is 4.89. The SMILES string of the molecule is Cn1nc(C2CC2)c2c(F)c(Br)ccc21. The Kier molecular flexibility index (Phi) is 1.89. The molecule has 1 heterocycles. The van der Waals surface area contributed by atoms with Crippen molar-refractivity contribution >= 4 is 26.8 Å². The van der Waals surface area contributed by atoms with Crippen LogP contribution in [0.4, 0.5) is 4.39 Å². The van der Waals surface area contributed by atoms with Gasteiger partial charge < -0.3 is 0 Å². The molecule has 0 spiro atoms. The quantitative estimate of drug-likeness (QED) is 0.776. The first kappa shape index (κ1) is 9.33. The van der Waals surface area contributed by atoms with E-state index < -0.39 is 0 Å². The molecule has 1 aliphatic carbocycles. The van der Waals surface area contributed by atoms with E-state index >= 15 is 0 Å². The van der Waals surface area contributed by atoms with Gasteiger partial charge in [0.1, 0.15) is 5.82 Å². The van der Waals surface area contributed by atoms with Crippen molar-refractivity contribution in [1.29, 1.82) is 0 Å². The summed E-state index contributed by atoms with van der Waals surface area (Å²) in [6.45, 7) is 0. The van der Waals surface area contributed by atoms with Crippen LogP contribution in [0.1, 0.15) is 24.5 Å². The van der Waals surface area contributed by atoms with Crippen LogP contribution < -0.4 is 0 Å². The fourth-order valence-electron chi connectivity index (χ4n) is 1.96. The van der Waals surface area contributed by atoms with Gasteiger partial charge in [-0.1, -0.05) is 0 Å². The average molecular weight is 269 g/mol. The number of rotatable bonds is 1. The highest BCUT2D eigenvalue weighted by Crippen LogP contribution is 2.43. The van der Waals surface area contributed by atoms with E-state index in [0.717, 1.165) is 24.1 Å². The zero-order valence-corrected chi connectivity index (χ0v) is 9.88. The van der Waals surface area contributed by atoms with Gasteiger partial charge in [-0.15, -0.1) is 0 Å². The lowest BCUT2D eigenvalue weighted by Gasteiger charge is -1.98. The Balaban J connectivity index is 2.40. The maximum atomic E-state index is 14.0. The van der Waals surface area contributed by atoms with Gasteiger partial charge in [0.25, 0.3) is 0 Å². The highest BCUT2D eigenvalue weighted by molar-refractivity contribution is 9.10. The summed E-state index contributed by atoms with van der Waals surface area (Å²) in [5, 5.41) is 5.10. The van der Waals surface area contributed by atoms with Crippen molar-refractivity contribution in [3.05, 3.63) is 28.1 Å². The minimum absolute atomic E-state index is 0.178. The minimum atomic E-state index is -0.178. The predicted octanol–water partition coefficient (Wildman–Crippen LogP) is 3.35. The standard InChI is InChI=1S/C11H10BrFN2/c1-15-8-5-4-7(12)10(13)9(8)11(14-15)6-2-3-6/h4-6H,2-3H2,1H3. The smallest absolute Gasteiger partial charge is 0.148 e. The van der Waals surface area contributed by atoms with Gasteiger partial charge in [-0.05, 0) is 40.9 Å². The van der Waals surface area contributed by atoms with Gasteiger partial charge in [0.2, 0.25) is 0 Å². The van der Waals surface area contributed by atoms with Crippen LogP contribution in [0.25, 0.3) is 10.9 Å². The van der Waals surface area contributed by atoms with Gasteiger partial charge in [0.15, 0.2) is 0 Å². The number of fused-ring (bicyclic) bond motifs is 1. The maximum absolute atomic E-state index is 14.0. The fourth-order valence-corrected chi connectivity index (χ4v) is 2.29. The van der Waals surface area contributed by atoms with Crippen LogP contribution in [0, 0.1) is 5.82 Å². The van der Waals surface area contributed by atoms with Crippen LogP contribution in [-0.4, -0.2) is 9.78 Å². The third kappa shape index (κ3) is 1.31. The summed E-state index contributed by atoms with van der Waals surface area (Å²) >= 11 is 3.22.